The van der Waals surface area contributed by atoms with Crippen LogP contribution in [0, 0.1) is 0 Å². The van der Waals surface area contributed by atoms with Crippen molar-refractivity contribution in [3.63, 3.8) is 0 Å². The Morgan fingerprint density at radius 1 is 0.960 bits per heavy atom. The monoisotopic (exact) mass is 333 g/mol. The Hall–Kier alpha value is -3.02. The average molecular weight is 333 g/mol. The van der Waals surface area contributed by atoms with Crippen molar-refractivity contribution < 1.29 is 4.84 Å². The first-order chi connectivity index (χ1) is 12.4. The Morgan fingerprint density at radius 2 is 1.60 bits per heavy atom. The van der Waals surface area contributed by atoms with E-state index in [-0.39, 0.29) is 6.61 Å². The maximum atomic E-state index is 5.62. The fraction of sp³-hybridized carbons (Fsp3) is 0.263. The molecule has 2 aromatic carbocycles. The molecule has 6 nitrogen and oxygen atoms in total. The first kappa shape index (κ1) is 15.5. The van der Waals surface area contributed by atoms with Gasteiger partial charge in [0, 0.05) is 17.7 Å². The molecule has 1 aliphatic carbocycles. The number of aromatic nitrogens is 4. The second-order valence-electron chi connectivity index (χ2n) is 5.98. The number of oxime groups is 1. The predicted molar refractivity (Wildman–Crippen MR) is 95.0 cm³/mol. The Kier molecular flexibility index (Phi) is 4.24. The molecule has 0 bridgehead atoms. The van der Waals surface area contributed by atoms with Gasteiger partial charge in [-0.25, -0.2) is 4.68 Å². The second-order valence-corrected chi connectivity index (χ2v) is 5.98. The molecule has 0 saturated carbocycles. The van der Waals surface area contributed by atoms with Gasteiger partial charge in [-0.2, -0.15) is 0 Å². The first-order valence-electron chi connectivity index (χ1n) is 8.52. The molecule has 0 radical (unpaired) electrons. The highest BCUT2D eigenvalue weighted by atomic mass is 16.6. The molecule has 25 heavy (non-hydrogen) atoms. The predicted octanol–water partition coefficient (Wildman–Crippen LogP) is 3.42. The van der Waals surface area contributed by atoms with E-state index in [2.05, 4.69) is 51.9 Å². The fourth-order valence-electron chi connectivity index (χ4n) is 3.06. The number of hydrogen-bond donors (Lipinski definition) is 0. The molecule has 6 heteroatoms. The van der Waals surface area contributed by atoms with E-state index in [1.807, 2.05) is 24.3 Å². The average Bonchev–Trinajstić information content (AvgIpc) is 3.23. The highest BCUT2D eigenvalue weighted by Gasteiger charge is 2.24. The molecule has 4 rings (SSSR count). The number of unbranched alkanes of at least 4 members (excludes halogenated alkanes) is 1. The Labute approximate surface area is 146 Å². The summed E-state index contributed by atoms with van der Waals surface area (Å²) in [5.41, 5.74) is 5.42. The van der Waals surface area contributed by atoms with Gasteiger partial charge < -0.3 is 4.84 Å². The number of nitrogens with zero attached hydrogens (tertiary/aromatic N) is 5. The van der Waals surface area contributed by atoms with Gasteiger partial charge in [0.25, 0.3) is 0 Å². The number of tetrazole rings is 1. The summed E-state index contributed by atoms with van der Waals surface area (Å²) in [4.78, 5) is 5.62. The van der Waals surface area contributed by atoms with E-state index < -0.39 is 0 Å². The third-order valence-electron chi connectivity index (χ3n) is 4.33. The van der Waals surface area contributed by atoms with Crippen LogP contribution in [0.4, 0.5) is 0 Å². The normalized spacial score (nSPS) is 12.0. The lowest BCUT2D eigenvalue weighted by atomic mass is 10.1. The smallest absolute Gasteiger partial charge is 0.191 e. The molecule has 0 fully saturated rings. The van der Waals surface area contributed by atoms with Gasteiger partial charge in [-0.15, -0.1) is 5.10 Å². The summed E-state index contributed by atoms with van der Waals surface area (Å²) in [6.07, 6.45) is 2.13. The van der Waals surface area contributed by atoms with Crippen LogP contribution >= 0.6 is 0 Å². The maximum Gasteiger partial charge on any atom is 0.191 e. The standard InChI is InChI=1S/C19H19N5O/c1-2-3-12-24-18(20-22-23-24)13-25-21-19-16-10-6-4-8-14(16)15-9-5-7-11-17(15)19/h4-11H,2-3,12-13H2,1H3. The lowest BCUT2D eigenvalue weighted by Crippen LogP contribution is -2.07. The van der Waals surface area contributed by atoms with Crippen molar-refractivity contribution in [1.29, 1.82) is 0 Å². The minimum Gasteiger partial charge on any atom is -0.387 e. The van der Waals surface area contributed by atoms with Crippen LogP contribution in [0.5, 0.6) is 0 Å². The molecule has 0 amide bonds. The molecule has 1 aliphatic rings. The molecular formula is C19H19N5O. The summed E-state index contributed by atoms with van der Waals surface area (Å²) in [5.74, 6) is 0.692. The van der Waals surface area contributed by atoms with E-state index in [1.165, 1.54) is 11.1 Å². The maximum absolute atomic E-state index is 5.62. The van der Waals surface area contributed by atoms with E-state index >= 15 is 0 Å². The van der Waals surface area contributed by atoms with Gasteiger partial charge in [-0.05, 0) is 28.0 Å². The molecule has 0 saturated heterocycles. The highest BCUT2D eigenvalue weighted by Crippen LogP contribution is 2.36. The molecule has 0 aliphatic heterocycles. The van der Waals surface area contributed by atoms with Crippen LogP contribution in [0.2, 0.25) is 0 Å². The minimum absolute atomic E-state index is 0.255. The number of rotatable bonds is 6. The summed E-state index contributed by atoms with van der Waals surface area (Å²) >= 11 is 0. The molecule has 126 valence electrons. The van der Waals surface area contributed by atoms with Crippen LogP contribution in [0.15, 0.2) is 53.7 Å². The van der Waals surface area contributed by atoms with E-state index in [9.17, 15) is 0 Å². The Balaban J connectivity index is 1.57. The van der Waals surface area contributed by atoms with Gasteiger partial charge in [0.2, 0.25) is 0 Å². The van der Waals surface area contributed by atoms with Crippen LogP contribution < -0.4 is 0 Å². The molecule has 0 N–H and O–H groups in total. The van der Waals surface area contributed by atoms with Crippen LogP contribution in [0.3, 0.4) is 0 Å². The second kappa shape index (κ2) is 6.84. The van der Waals surface area contributed by atoms with Crippen molar-refractivity contribution in [3.8, 4) is 11.1 Å². The summed E-state index contributed by atoms with van der Waals surface area (Å²) in [7, 11) is 0. The summed E-state index contributed by atoms with van der Waals surface area (Å²) in [6, 6.07) is 16.5. The Morgan fingerprint density at radius 3 is 2.24 bits per heavy atom. The number of hydrogen-bond acceptors (Lipinski definition) is 5. The Bertz CT molecular complexity index is 868. The fourth-order valence-corrected chi connectivity index (χ4v) is 3.06. The third-order valence-corrected chi connectivity index (χ3v) is 4.33. The number of benzene rings is 2. The van der Waals surface area contributed by atoms with Crippen molar-refractivity contribution in [3.05, 3.63) is 65.5 Å². The number of fused-ring (bicyclic) bond motifs is 3. The molecule has 0 unspecified atom stereocenters. The highest BCUT2D eigenvalue weighted by molar-refractivity contribution is 6.24. The van der Waals surface area contributed by atoms with E-state index in [0.717, 1.165) is 36.2 Å². The van der Waals surface area contributed by atoms with Gasteiger partial charge >= 0.3 is 0 Å². The molecule has 0 atom stereocenters. The van der Waals surface area contributed by atoms with Gasteiger partial charge in [0.1, 0.15) is 5.71 Å². The molecule has 0 spiro atoms. The van der Waals surface area contributed by atoms with Crippen molar-refractivity contribution in [1.82, 2.24) is 20.2 Å². The molecule has 1 aromatic heterocycles. The zero-order valence-corrected chi connectivity index (χ0v) is 14.1. The minimum atomic E-state index is 0.255. The molecule has 3 aromatic rings. The largest absolute Gasteiger partial charge is 0.387 e. The van der Waals surface area contributed by atoms with E-state index in [1.54, 1.807) is 4.68 Å². The van der Waals surface area contributed by atoms with Gasteiger partial charge in [0.15, 0.2) is 12.4 Å². The SMILES string of the molecule is CCCCn1nnnc1CON=C1c2ccccc2-c2ccccc21. The first-order valence-corrected chi connectivity index (χ1v) is 8.52. The van der Waals surface area contributed by atoms with Crippen molar-refractivity contribution in [2.75, 3.05) is 0 Å². The number of aryl methyl sites for hydroxylation is 1. The summed E-state index contributed by atoms with van der Waals surface area (Å²) in [5, 5.41) is 16.2. The van der Waals surface area contributed by atoms with Crippen molar-refractivity contribution in [2.45, 2.75) is 32.9 Å². The van der Waals surface area contributed by atoms with Gasteiger partial charge in [-0.3, -0.25) is 0 Å². The van der Waals surface area contributed by atoms with Crippen molar-refractivity contribution in [2.24, 2.45) is 5.16 Å². The summed E-state index contributed by atoms with van der Waals surface area (Å²) in [6.45, 7) is 3.19. The molecular weight excluding hydrogens is 314 g/mol. The lowest BCUT2D eigenvalue weighted by molar-refractivity contribution is 0.121. The summed E-state index contributed by atoms with van der Waals surface area (Å²) < 4.78 is 1.78. The van der Waals surface area contributed by atoms with Crippen LogP contribution in [0.1, 0.15) is 36.7 Å². The molecule has 1 heterocycles. The van der Waals surface area contributed by atoms with E-state index in [0.29, 0.717) is 5.82 Å². The lowest BCUT2D eigenvalue weighted by Gasteiger charge is -2.04. The quantitative estimate of drug-likeness (QED) is 0.507. The topological polar surface area (TPSA) is 65.2 Å². The van der Waals surface area contributed by atoms with E-state index in [4.69, 9.17) is 4.84 Å². The van der Waals surface area contributed by atoms with Crippen LogP contribution in [-0.4, -0.2) is 25.9 Å². The van der Waals surface area contributed by atoms with Crippen LogP contribution in [-0.2, 0) is 18.0 Å². The third kappa shape index (κ3) is 2.91. The zero-order chi connectivity index (χ0) is 17.1. The van der Waals surface area contributed by atoms with Gasteiger partial charge in [-0.1, -0.05) is 67.0 Å². The van der Waals surface area contributed by atoms with Crippen LogP contribution in [0.25, 0.3) is 11.1 Å². The zero-order valence-electron chi connectivity index (χ0n) is 14.1. The van der Waals surface area contributed by atoms with Crippen molar-refractivity contribution >= 4 is 5.71 Å². The van der Waals surface area contributed by atoms with Gasteiger partial charge in [0.05, 0.1) is 0 Å².